The van der Waals surface area contributed by atoms with Gasteiger partial charge in [0.15, 0.2) is 0 Å². The molecular weight excluding hydrogens is 328 g/mol. The van der Waals surface area contributed by atoms with E-state index >= 15 is 0 Å². The molecule has 0 saturated heterocycles. The lowest BCUT2D eigenvalue weighted by Gasteiger charge is -2.11. The highest BCUT2D eigenvalue weighted by Crippen LogP contribution is 2.28. The number of imidazole rings is 1. The van der Waals surface area contributed by atoms with Crippen molar-refractivity contribution in [2.75, 3.05) is 0 Å². The summed E-state index contributed by atoms with van der Waals surface area (Å²) in [6, 6.07) is 10.2. The van der Waals surface area contributed by atoms with E-state index in [9.17, 15) is 5.11 Å². The Bertz CT molecular complexity index is 821. The van der Waals surface area contributed by atoms with Crippen molar-refractivity contribution in [2.24, 2.45) is 0 Å². The van der Waals surface area contributed by atoms with Crippen LogP contribution in [0.2, 0.25) is 0 Å². The largest absolute Gasteiger partial charge is 0.389 e. The van der Waals surface area contributed by atoms with Crippen LogP contribution in [0.3, 0.4) is 0 Å². The minimum atomic E-state index is -0.488. The summed E-state index contributed by atoms with van der Waals surface area (Å²) in [4.78, 5) is 4.48. The summed E-state index contributed by atoms with van der Waals surface area (Å²) in [5, 5.41) is 9.72. The number of aromatic nitrogens is 2. The minimum Gasteiger partial charge on any atom is -0.389 e. The van der Waals surface area contributed by atoms with Gasteiger partial charge in [0.05, 0.1) is 17.1 Å². The number of fused-ring (bicyclic) bond motifs is 1. The molecule has 1 N–H and O–H groups in total. The second-order valence-electron chi connectivity index (χ2n) is 5.42. The molecule has 0 unspecified atom stereocenters. The fourth-order valence-electron chi connectivity index (χ4n) is 2.47. The number of benzene rings is 2. The van der Waals surface area contributed by atoms with Gasteiger partial charge < -0.3 is 5.11 Å². The van der Waals surface area contributed by atoms with E-state index in [2.05, 4.69) is 51.5 Å². The molecule has 3 aromatic rings. The highest BCUT2D eigenvalue weighted by atomic mass is 79.9. The van der Waals surface area contributed by atoms with Gasteiger partial charge in [-0.2, -0.15) is 0 Å². The SMILES string of the molecule is Cc1cc2ncn(-c3ccc([C@@H](C)O)c(Br)c3)c2cc1C. The van der Waals surface area contributed by atoms with Crippen molar-refractivity contribution in [1.29, 1.82) is 0 Å². The third kappa shape index (κ3) is 2.49. The Morgan fingerprint density at radius 2 is 1.86 bits per heavy atom. The second kappa shape index (κ2) is 5.28. The van der Waals surface area contributed by atoms with Crippen LogP contribution in [0.25, 0.3) is 16.7 Å². The van der Waals surface area contributed by atoms with E-state index in [1.54, 1.807) is 6.92 Å². The zero-order valence-corrected chi connectivity index (χ0v) is 13.8. The number of hydrogen-bond acceptors (Lipinski definition) is 2. The van der Waals surface area contributed by atoms with Gasteiger partial charge >= 0.3 is 0 Å². The lowest BCUT2D eigenvalue weighted by atomic mass is 10.1. The molecule has 0 saturated carbocycles. The lowest BCUT2D eigenvalue weighted by molar-refractivity contribution is 0.198. The van der Waals surface area contributed by atoms with E-state index in [0.29, 0.717) is 0 Å². The molecule has 0 aliphatic rings. The van der Waals surface area contributed by atoms with E-state index in [0.717, 1.165) is 26.8 Å². The fraction of sp³-hybridized carbons (Fsp3) is 0.235. The monoisotopic (exact) mass is 344 g/mol. The smallest absolute Gasteiger partial charge is 0.100 e. The zero-order chi connectivity index (χ0) is 15.1. The number of aryl methyl sites for hydroxylation is 2. The van der Waals surface area contributed by atoms with Crippen molar-refractivity contribution in [3.63, 3.8) is 0 Å². The summed E-state index contributed by atoms with van der Waals surface area (Å²) in [5.74, 6) is 0. The van der Waals surface area contributed by atoms with Gasteiger partial charge in [-0.1, -0.05) is 22.0 Å². The molecule has 1 atom stereocenters. The van der Waals surface area contributed by atoms with E-state index in [-0.39, 0.29) is 0 Å². The summed E-state index contributed by atoms with van der Waals surface area (Å²) in [6.45, 7) is 5.97. The summed E-state index contributed by atoms with van der Waals surface area (Å²) in [6.07, 6.45) is 1.35. The molecule has 0 radical (unpaired) electrons. The maximum Gasteiger partial charge on any atom is 0.100 e. The molecule has 1 heterocycles. The maximum atomic E-state index is 9.72. The Hall–Kier alpha value is -1.65. The number of hydrogen-bond donors (Lipinski definition) is 1. The number of aliphatic hydroxyl groups excluding tert-OH is 1. The van der Waals surface area contributed by atoms with Gasteiger partial charge in [0.1, 0.15) is 6.33 Å². The molecular formula is C17H17BrN2O. The molecule has 2 aromatic carbocycles. The van der Waals surface area contributed by atoms with E-state index in [1.807, 2.05) is 24.5 Å². The first-order valence-electron chi connectivity index (χ1n) is 6.89. The third-order valence-corrected chi connectivity index (χ3v) is 4.56. The van der Waals surface area contributed by atoms with Crippen molar-refractivity contribution in [3.8, 4) is 5.69 Å². The first kappa shape index (κ1) is 14.3. The number of nitrogens with zero attached hydrogens (tertiary/aromatic N) is 2. The van der Waals surface area contributed by atoms with Gasteiger partial charge in [0, 0.05) is 10.2 Å². The van der Waals surface area contributed by atoms with Gasteiger partial charge in [-0.05, 0) is 61.7 Å². The standard InChI is InChI=1S/C17H17BrN2O/c1-10-6-16-17(7-11(10)2)20(9-19-16)13-4-5-14(12(3)21)15(18)8-13/h4-9,12,21H,1-3H3/t12-/m1/s1. The lowest BCUT2D eigenvalue weighted by Crippen LogP contribution is -1.97. The Kier molecular flexibility index (Phi) is 3.59. The van der Waals surface area contributed by atoms with Crippen molar-refractivity contribution in [3.05, 3.63) is 57.8 Å². The summed E-state index contributed by atoms with van der Waals surface area (Å²) >= 11 is 3.53. The van der Waals surface area contributed by atoms with Crippen LogP contribution in [0, 0.1) is 13.8 Å². The summed E-state index contributed by atoms with van der Waals surface area (Å²) in [5.41, 5.74) is 6.50. The Balaban J connectivity index is 2.17. The number of rotatable bonds is 2. The van der Waals surface area contributed by atoms with Gasteiger partial charge in [0.25, 0.3) is 0 Å². The first-order valence-corrected chi connectivity index (χ1v) is 7.69. The van der Waals surface area contributed by atoms with Gasteiger partial charge in [-0.25, -0.2) is 4.98 Å². The van der Waals surface area contributed by atoms with Crippen LogP contribution in [0.15, 0.2) is 41.1 Å². The molecule has 3 rings (SSSR count). The molecule has 0 amide bonds. The van der Waals surface area contributed by atoms with Crippen LogP contribution in [0.1, 0.15) is 29.7 Å². The predicted octanol–water partition coefficient (Wildman–Crippen LogP) is 4.46. The van der Waals surface area contributed by atoms with Crippen LogP contribution < -0.4 is 0 Å². The van der Waals surface area contributed by atoms with E-state index < -0.39 is 6.10 Å². The van der Waals surface area contributed by atoms with Crippen molar-refractivity contribution in [2.45, 2.75) is 26.9 Å². The average molecular weight is 345 g/mol. The third-order valence-electron chi connectivity index (χ3n) is 3.88. The highest BCUT2D eigenvalue weighted by molar-refractivity contribution is 9.10. The number of halogens is 1. The molecule has 21 heavy (non-hydrogen) atoms. The Labute approximate surface area is 132 Å². The second-order valence-corrected chi connectivity index (χ2v) is 6.28. The topological polar surface area (TPSA) is 38.0 Å². The van der Waals surface area contributed by atoms with Gasteiger partial charge in [-0.3, -0.25) is 4.57 Å². The highest BCUT2D eigenvalue weighted by Gasteiger charge is 2.10. The Morgan fingerprint density at radius 3 is 2.52 bits per heavy atom. The maximum absolute atomic E-state index is 9.72. The van der Waals surface area contributed by atoms with Crippen molar-refractivity contribution >= 4 is 27.0 Å². The molecule has 0 bridgehead atoms. The molecule has 3 nitrogen and oxygen atoms in total. The molecule has 0 aliphatic carbocycles. The molecule has 1 aromatic heterocycles. The van der Waals surface area contributed by atoms with E-state index in [4.69, 9.17) is 0 Å². The predicted molar refractivity (Wildman–Crippen MR) is 88.9 cm³/mol. The fourth-order valence-corrected chi connectivity index (χ4v) is 3.17. The number of aliphatic hydroxyl groups is 1. The van der Waals surface area contributed by atoms with Gasteiger partial charge in [-0.15, -0.1) is 0 Å². The average Bonchev–Trinajstić information content (AvgIpc) is 2.81. The molecule has 108 valence electrons. The summed E-state index contributed by atoms with van der Waals surface area (Å²) in [7, 11) is 0. The molecule has 0 spiro atoms. The van der Waals surface area contributed by atoms with Crippen molar-refractivity contribution < 1.29 is 5.11 Å². The molecule has 0 fully saturated rings. The van der Waals surface area contributed by atoms with Crippen molar-refractivity contribution in [1.82, 2.24) is 9.55 Å². The normalized spacial score (nSPS) is 12.8. The van der Waals surface area contributed by atoms with Crippen LogP contribution in [0.5, 0.6) is 0 Å². The Morgan fingerprint density at radius 1 is 1.14 bits per heavy atom. The molecule has 4 heteroatoms. The van der Waals surface area contributed by atoms with Crippen LogP contribution in [-0.2, 0) is 0 Å². The quantitative estimate of drug-likeness (QED) is 0.745. The zero-order valence-electron chi connectivity index (χ0n) is 12.3. The van der Waals surface area contributed by atoms with Crippen LogP contribution in [-0.4, -0.2) is 14.7 Å². The summed E-state index contributed by atoms with van der Waals surface area (Å²) < 4.78 is 2.97. The molecule has 0 aliphatic heterocycles. The first-order chi connectivity index (χ1) is 9.97. The van der Waals surface area contributed by atoms with Crippen LogP contribution >= 0.6 is 15.9 Å². The minimum absolute atomic E-state index is 0.488. The van der Waals surface area contributed by atoms with Crippen LogP contribution in [0.4, 0.5) is 0 Å². The van der Waals surface area contributed by atoms with Gasteiger partial charge in [0.2, 0.25) is 0 Å². The van der Waals surface area contributed by atoms with E-state index in [1.165, 1.54) is 11.1 Å².